The van der Waals surface area contributed by atoms with Crippen molar-refractivity contribution in [3.63, 3.8) is 0 Å². The van der Waals surface area contributed by atoms with E-state index in [4.69, 9.17) is 0 Å². The predicted molar refractivity (Wildman–Crippen MR) is 82.3 cm³/mol. The molecule has 108 valence electrons. The van der Waals surface area contributed by atoms with Gasteiger partial charge in [0, 0.05) is 30.9 Å². The monoisotopic (exact) mass is 283 g/mol. The number of nitrogens with zero attached hydrogens (tertiary/aromatic N) is 1. The third kappa shape index (κ3) is 2.94. The SMILES string of the molecule is Cc1cc(C(=O)c2ccccc2)c(C(=O)O)cc1N(C)C. The van der Waals surface area contributed by atoms with Gasteiger partial charge in [0.2, 0.25) is 0 Å². The molecule has 0 aliphatic heterocycles. The van der Waals surface area contributed by atoms with Crippen LogP contribution < -0.4 is 4.90 Å². The molecule has 0 aromatic heterocycles. The molecule has 4 nitrogen and oxygen atoms in total. The van der Waals surface area contributed by atoms with E-state index in [1.807, 2.05) is 32.0 Å². The summed E-state index contributed by atoms with van der Waals surface area (Å²) in [5, 5.41) is 9.39. The molecule has 21 heavy (non-hydrogen) atoms. The second kappa shape index (κ2) is 5.79. The standard InChI is InChI=1S/C17H17NO3/c1-11-9-13(16(19)12-7-5-4-6-8-12)14(17(20)21)10-15(11)18(2)3/h4-10H,1-3H3,(H,20,21). The third-order valence-electron chi connectivity index (χ3n) is 3.33. The van der Waals surface area contributed by atoms with E-state index < -0.39 is 5.97 Å². The average Bonchev–Trinajstić information content (AvgIpc) is 2.46. The van der Waals surface area contributed by atoms with Gasteiger partial charge in [0.05, 0.1) is 5.56 Å². The summed E-state index contributed by atoms with van der Waals surface area (Å²) in [4.78, 5) is 25.8. The van der Waals surface area contributed by atoms with Gasteiger partial charge in [-0.25, -0.2) is 4.79 Å². The molecular weight excluding hydrogens is 266 g/mol. The Balaban J connectivity index is 2.61. The number of ketones is 1. The Kier molecular flexibility index (Phi) is 4.08. The van der Waals surface area contributed by atoms with Crippen LogP contribution in [0.25, 0.3) is 0 Å². The number of aromatic carboxylic acids is 1. The highest BCUT2D eigenvalue weighted by Crippen LogP contribution is 2.25. The predicted octanol–water partition coefficient (Wildman–Crippen LogP) is 2.99. The van der Waals surface area contributed by atoms with Crippen molar-refractivity contribution in [1.29, 1.82) is 0 Å². The number of hydrogen-bond donors (Lipinski definition) is 1. The zero-order valence-electron chi connectivity index (χ0n) is 12.3. The second-order valence-corrected chi connectivity index (χ2v) is 5.08. The van der Waals surface area contributed by atoms with Gasteiger partial charge < -0.3 is 10.0 Å². The van der Waals surface area contributed by atoms with Gasteiger partial charge in [-0.15, -0.1) is 0 Å². The first kappa shape index (κ1) is 14.8. The molecule has 0 radical (unpaired) electrons. The summed E-state index contributed by atoms with van der Waals surface area (Å²) in [6.07, 6.45) is 0. The summed E-state index contributed by atoms with van der Waals surface area (Å²) in [7, 11) is 3.68. The first-order chi connectivity index (χ1) is 9.91. The van der Waals surface area contributed by atoms with Gasteiger partial charge in [0.25, 0.3) is 0 Å². The molecule has 0 aliphatic carbocycles. The Morgan fingerprint density at radius 1 is 1.00 bits per heavy atom. The first-order valence-electron chi connectivity index (χ1n) is 6.57. The molecule has 0 saturated heterocycles. The van der Waals surface area contributed by atoms with Crippen LogP contribution in [0.5, 0.6) is 0 Å². The summed E-state index contributed by atoms with van der Waals surface area (Å²) in [6.45, 7) is 1.86. The van der Waals surface area contributed by atoms with Crippen LogP contribution in [-0.2, 0) is 0 Å². The number of carboxylic acid groups (broad SMARTS) is 1. The summed E-state index contributed by atoms with van der Waals surface area (Å²) < 4.78 is 0. The maximum atomic E-state index is 12.5. The Bertz CT molecular complexity index is 691. The van der Waals surface area contributed by atoms with Crippen molar-refractivity contribution in [2.24, 2.45) is 0 Å². The number of aryl methyl sites for hydroxylation is 1. The second-order valence-electron chi connectivity index (χ2n) is 5.08. The average molecular weight is 283 g/mol. The zero-order valence-corrected chi connectivity index (χ0v) is 12.3. The maximum absolute atomic E-state index is 12.5. The van der Waals surface area contributed by atoms with E-state index in [9.17, 15) is 14.7 Å². The minimum atomic E-state index is -1.10. The molecule has 0 amide bonds. The van der Waals surface area contributed by atoms with Gasteiger partial charge in [-0.2, -0.15) is 0 Å². The lowest BCUT2D eigenvalue weighted by atomic mass is 9.95. The fraction of sp³-hybridized carbons (Fsp3) is 0.176. The Labute approximate surface area is 123 Å². The van der Waals surface area contributed by atoms with Gasteiger partial charge in [-0.05, 0) is 24.6 Å². The third-order valence-corrected chi connectivity index (χ3v) is 3.33. The highest BCUT2D eigenvalue weighted by molar-refractivity contribution is 6.14. The number of rotatable bonds is 4. The van der Waals surface area contributed by atoms with Gasteiger partial charge in [-0.1, -0.05) is 30.3 Å². The van der Waals surface area contributed by atoms with Crippen LogP contribution in [0, 0.1) is 6.92 Å². The fourth-order valence-corrected chi connectivity index (χ4v) is 2.29. The van der Waals surface area contributed by atoms with Crippen molar-refractivity contribution >= 4 is 17.4 Å². The van der Waals surface area contributed by atoms with Crippen LogP contribution in [0.15, 0.2) is 42.5 Å². The zero-order chi connectivity index (χ0) is 15.6. The molecule has 2 aromatic rings. The van der Waals surface area contributed by atoms with Crippen LogP contribution in [0.3, 0.4) is 0 Å². The Morgan fingerprint density at radius 3 is 2.14 bits per heavy atom. The number of carbonyl (C=O) groups is 2. The van der Waals surface area contributed by atoms with Crippen LogP contribution in [0.4, 0.5) is 5.69 Å². The number of carbonyl (C=O) groups excluding carboxylic acids is 1. The number of benzene rings is 2. The lowest BCUT2D eigenvalue weighted by Gasteiger charge is -2.18. The molecule has 4 heteroatoms. The molecule has 0 aliphatic rings. The smallest absolute Gasteiger partial charge is 0.336 e. The molecule has 0 bridgehead atoms. The molecular formula is C17H17NO3. The van der Waals surface area contributed by atoms with Crippen LogP contribution >= 0.6 is 0 Å². The van der Waals surface area contributed by atoms with Crippen molar-refractivity contribution in [3.8, 4) is 0 Å². The molecule has 1 N–H and O–H groups in total. The van der Waals surface area contributed by atoms with Crippen molar-refractivity contribution in [1.82, 2.24) is 0 Å². The number of hydrogen-bond acceptors (Lipinski definition) is 3. The summed E-state index contributed by atoms with van der Waals surface area (Å²) in [5.41, 5.74) is 2.38. The molecule has 0 atom stereocenters. The lowest BCUT2D eigenvalue weighted by molar-refractivity contribution is 0.0693. The quantitative estimate of drug-likeness (QED) is 0.876. The summed E-state index contributed by atoms with van der Waals surface area (Å²) in [6, 6.07) is 11.9. The highest BCUT2D eigenvalue weighted by atomic mass is 16.4. The molecule has 0 heterocycles. The largest absolute Gasteiger partial charge is 0.478 e. The van der Waals surface area contributed by atoms with Crippen LogP contribution in [-0.4, -0.2) is 31.0 Å². The van der Waals surface area contributed by atoms with Crippen molar-refractivity contribution < 1.29 is 14.7 Å². The van der Waals surface area contributed by atoms with E-state index >= 15 is 0 Å². The van der Waals surface area contributed by atoms with Crippen LogP contribution in [0.1, 0.15) is 31.8 Å². The van der Waals surface area contributed by atoms with Gasteiger partial charge in [0.15, 0.2) is 5.78 Å². The van der Waals surface area contributed by atoms with E-state index in [0.717, 1.165) is 11.3 Å². The molecule has 0 fully saturated rings. The normalized spacial score (nSPS) is 10.2. The van der Waals surface area contributed by atoms with Crippen LogP contribution in [0.2, 0.25) is 0 Å². The van der Waals surface area contributed by atoms with E-state index in [-0.39, 0.29) is 16.9 Å². The molecule has 0 unspecified atom stereocenters. The highest BCUT2D eigenvalue weighted by Gasteiger charge is 2.20. The van der Waals surface area contributed by atoms with Gasteiger partial charge in [-0.3, -0.25) is 4.79 Å². The lowest BCUT2D eigenvalue weighted by Crippen LogP contribution is -2.15. The fourth-order valence-electron chi connectivity index (χ4n) is 2.29. The number of anilines is 1. The minimum Gasteiger partial charge on any atom is -0.478 e. The van der Waals surface area contributed by atoms with E-state index in [1.54, 1.807) is 36.4 Å². The topological polar surface area (TPSA) is 57.6 Å². The van der Waals surface area contributed by atoms with E-state index in [2.05, 4.69) is 0 Å². The van der Waals surface area contributed by atoms with E-state index in [0.29, 0.717) is 5.56 Å². The van der Waals surface area contributed by atoms with E-state index in [1.165, 1.54) is 0 Å². The Morgan fingerprint density at radius 2 is 1.62 bits per heavy atom. The minimum absolute atomic E-state index is 0.0261. The van der Waals surface area contributed by atoms with Crippen molar-refractivity contribution in [2.75, 3.05) is 19.0 Å². The molecule has 2 rings (SSSR count). The molecule has 0 saturated carbocycles. The molecule has 2 aromatic carbocycles. The van der Waals surface area contributed by atoms with Gasteiger partial charge >= 0.3 is 5.97 Å². The summed E-state index contributed by atoms with van der Waals surface area (Å²) >= 11 is 0. The Hall–Kier alpha value is -2.62. The van der Waals surface area contributed by atoms with Crippen molar-refractivity contribution in [3.05, 3.63) is 64.7 Å². The number of carboxylic acids is 1. The summed E-state index contributed by atoms with van der Waals surface area (Å²) in [5.74, 6) is -1.38. The molecule has 0 spiro atoms. The van der Waals surface area contributed by atoms with Crippen molar-refractivity contribution in [2.45, 2.75) is 6.92 Å². The first-order valence-corrected chi connectivity index (χ1v) is 6.57. The van der Waals surface area contributed by atoms with Gasteiger partial charge in [0.1, 0.15) is 0 Å². The maximum Gasteiger partial charge on any atom is 0.336 e.